The lowest BCUT2D eigenvalue weighted by Gasteiger charge is -2.05. The van der Waals surface area contributed by atoms with Crippen LogP contribution in [-0.2, 0) is 0 Å². The summed E-state index contributed by atoms with van der Waals surface area (Å²) < 4.78 is 1.97. The third-order valence-electron chi connectivity index (χ3n) is 3.01. The monoisotopic (exact) mass is 223 g/mol. The van der Waals surface area contributed by atoms with Gasteiger partial charge in [-0.1, -0.05) is 18.2 Å². The number of para-hydroxylation sites is 1. The zero-order valence-electron chi connectivity index (χ0n) is 9.88. The molecule has 2 aromatic heterocycles. The van der Waals surface area contributed by atoms with Gasteiger partial charge in [-0.3, -0.25) is 4.98 Å². The van der Waals surface area contributed by atoms with E-state index in [2.05, 4.69) is 29.1 Å². The fourth-order valence-electron chi connectivity index (χ4n) is 2.08. The van der Waals surface area contributed by atoms with Gasteiger partial charge in [0, 0.05) is 11.6 Å². The molecule has 0 aliphatic rings. The zero-order chi connectivity index (χ0) is 11.8. The van der Waals surface area contributed by atoms with Crippen LogP contribution in [0.5, 0.6) is 0 Å². The Labute approximate surface area is 99.7 Å². The van der Waals surface area contributed by atoms with E-state index < -0.39 is 0 Å². The van der Waals surface area contributed by atoms with E-state index in [0.29, 0.717) is 0 Å². The number of aromatic nitrogens is 3. The molecule has 0 atom stereocenters. The number of benzene rings is 1. The van der Waals surface area contributed by atoms with Gasteiger partial charge >= 0.3 is 0 Å². The van der Waals surface area contributed by atoms with Gasteiger partial charge in [0.25, 0.3) is 0 Å². The Morgan fingerprint density at radius 1 is 1.06 bits per heavy atom. The Morgan fingerprint density at radius 2 is 1.88 bits per heavy atom. The summed E-state index contributed by atoms with van der Waals surface area (Å²) in [6, 6.07) is 10.3. The molecule has 0 fully saturated rings. The summed E-state index contributed by atoms with van der Waals surface area (Å²) in [4.78, 5) is 4.18. The van der Waals surface area contributed by atoms with Crippen LogP contribution in [0.15, 0.2) is 42.7 Å². The summed E-state index contributed by atoms with van der Waals surface area (Å²) in [6.07, 6.45) is 3.66. The highest BCUT2D eigenvalue weighted by atomic mass is 15.3. The number of fused-ring (bicyclic) bond motifs is 1. The molecule has 0 spiro atoms. The second-order valence-electron chi connectivity index (χ2n) is 4.18. The highest BCUT2D eigenvalue weighted by Crippen LogP contribution is 2.22. The number of pyridine rings is 1. The van der Waals surface area contributed by atoms with Crippen molar-refractivity contribution in [1.29, 1.82) is 0 Å². The SMILES string of the molecule is Cc1ccncc1-n1nc(C)c2ccccc21. The molecule has 3 nitrogen and oxygen atoms in total. The largest absolute Gasteiger partial charge is 0.262 e. The molecule has 0 saturated heterocycles. The second kappa shape index (κ2) is 3.70. The predicted octanol–water partition coefficient (Wildman–Crippen LogP) is 3.04. The van der Waals surface area contributed by atoms with E-state index in [4.69, 9.17) is 0 Å². The lowest BCUT2D eigenvalue weighted by Crippen LogP contribution is -1.99. The summed E-state index contributed by atoms with van der Waals surface area (Å²) in [5.74, 6) is 0. The van der Waals surface area contributed by atoms with Crippen molar-refractivity contribution in [2.75, 3.05) is 0 Å². The minimum atomic E-state index is 1.04. The number of aryl methyl sites for hydroxylation is 2. The normalized spacial score (nSPS) is 10.9. The minimum Gasteiger partial charge on any atom is -0.262 e. The van der Waals surface area contributed by atoms with Gasteiger partial charge in [-0.15, -0.1) is 0 Å². The molecular formula is C14H13N3. The quantitative estimate of drug-likeness (QED) is 0.634. The van der Waals surface area contributed by atoms with Crippen molar-refractivity contribution in [1.82, 2.24) is 14.8 Å². The molecule has 0 amide bonds. The van der Waals surface area contributed by atoms with Crippen molar-refractivity contribution < 1.29 is 0 Å². The van der Waals surface area contributed by atoms with Gasteiger partial charge in [0.05, 0.1) is 23.1 Å². The van der Waals surface area contributed by atoms with Crippen LogP contribution < -0.4 is 0 Å². The van der Waals surface area contributed by atoms with Crippen molar-refractivity contribution in [3.8, 4) is 5.69 Å². The molecule has 1 aromatic carbocycles. The molecule has 2 heterocycles. The first kappa shape index (κ1) is 10.0. The first-order chi connectivity index (χ1) is 8.27. The van der Waals surface area contributed by atoms with E-state index >= 15 is 0 Å². The fraction of sp³-hybridized carbons (Fsp3) is 0.143. The molecule has 17 heavy (non-hydrogen) atoms. The molecular weight excluding hydrogens is 210 g/mol. The lowest BCUT2D eigenvalue weighted by atomic mass is 10.2. The number of hydrogen-bond donors (Lipinski definition) is 0. The number of hydrogen-bond acceptors (Lipinski definition) is 2. The Bertz CT molecular complexity index is 683. The molecule has 3 rings (SSSR count). The Balaban J connectivity index is 2.35. The van der Waals surface area contributed by atoms with Crippen molar-refractivity contribution in [3.63, 3.8) is 0 Å². The van der Waals surface area contributed by atoms with E-state index in [9.17, 15) is 0 Å². The van der Waals surface area contributed by atoms with Gasteiger partial charge in [0.2, 0.25) is 0 Å². The molecule has 0 saturated carbocycles. The molecule has 0 bridgehead atoms. The van der Waals surface area contributed by atoms with Crippen molar-refractivity contribution in [2.45, 2.75) is 13.8 Å². The van der Waals surface area contributed by atoms with Gasteiger partial charge in [-0.05, 0) is 31.5 Å². The molecule has 84 valence electrons. The topological polar surface area (TPSA) is 30.7 Å². The van der Waals surface area contributed by atoms with Gasteiger partial charge in [-0.2, -0.15) is 5.10 Å². The maximum absolute atomic E-state index is 4.60. The van der Waals surface area contributed by atoms with Crippen LogP contribution in [0.1, 0.15) is 11.3 Å². The Morgan fingerprint density at radius 3 is 2.71 bits per heavy atom. The summed E-state index contributed by atoms with van der Waals surface area (Å²) in [7, 11) is 0. The third kappa shape index (κ3) is 1.51. The second-order valence-corrected chi connectivity index (χ2v) is 4.18. The lowest BCUT2D eigenvalue weighted by molar-refractivity contribution is 0.875. The van der Waals surface area contributed by atoms with Crippen LogP contribution in [0.4, 0.5) is 0 Å². The summed E-state index contributed by atoms with van der Waals surface area (Å²) in [6.45, 7) is 4.10. The molecule has 0 radical (unpaired) electrons. The van der Waals surface area contributed by atoms with Crippen molar-refractivity contribution in [2.24, 2.45) is 0 Å². The van der Waals surface area contributed by atoms with Gasteiger partial charge in [0.15, 0.2) is 0 Å². The molecule has 0 N–H and O–H groups in total. The minimum absolute atomic E-state index is 1.04. The summed E-state index contributed by atoms with van der Waals surface area (Å²) in [5, 5.41) is 5.79. The van der Waals surface area contributed by atoms with E-state index in [-0.39, 0.29) is 0 Å². The van der Waals surface area contributed by atoms with Crippen LogP contribution in [0.25, 0.3) is 16.6 Å². The maximum Gasteiger partial charge on any atom is 0.0865 e. The highest BCUT2D eigenvalue weighted by molar-refractivity contribution is 5.83. The summed E-state index contributed by atoms with van der Waals surface area (Å²) in [5.41, 5.74) is 4.38. The predicted molar refractivity (Wildman–Crippen MR) is 68.3 cm³/mol. The van der Waals surface area contributed by atoms with E-state index in [1.54, 1.807) is 6.20 Å². The average molecular weight is 223 g/mol. The van der Waals surface area contributed by atoms with E-state index in [0.717, 1.165) is 16.9 Å². The van der Waals surface area contributed by atoms with Gasteiger partial charge in [-0.25, -0.2) is 4.68 Å². The number of nitrogens with zero attached hydrogens (tertiary/aromatic N) is 3. The van der Waals surface area contributed by atoms with Crippen molar-refractivity contribution in [3.05, 3.63) is 54.0 Å². The van der Waals surface area contributed by atoms with E-state index in [1.807, 2.05) is 36.0 Å². The Kier molecular flexibility index (Phi) is 2.18. The van der Waals surface area contributed by atoms with Crippen LogP contribution in [-0.4, -0.2) is 14.8 Å². The average Bonchev–Trinajstić information content (AvgIpc) is 2.68. The van der Waals surface area contributed by atoms with E-state index in [1.165, 1.54) is 10.9 Å². The molecule has 0 unspecified atom stereocenters. The van der Waals surface area contributed by atoms with Crippen LogP contribution in [0.3, 0.4) is 0 Å². The fourth-order valence-corrected chi connectivity index (χ4v) is 2.08. The Hall–Kier alpha value is -2.16. The first-order valence-electron chi connectivity index (χ1n) is 5.63. The van der Waals surface area contributed by atoms with Gasteiger partial charge in [0.1, 0.15) is 0 Å². The van der Waals surface area contributed by atoms with Crippen LogP contribution in [0, 0.1) is 13.8 Å². The van der Waals surface area contributed by atoms with Gasteiger partial charge < -0.3 is 0 Å². The van der Waals surface area contributed by atoms with Crippen molar-refractivity contribution >= 4 is 10.9 Å². The molecule has 0 aliphatic carbocycles. The summed E-state index contributed by atoms with van der Waals surface area (Å²) >= 11 is 0. The smallest absolute Gasteiger partial charge is 0.0865 e. The maximum atomic E-state index is 4.60. The molecule has 0 aliphatic heterocycles. The first-order valence-corrected chi connectivity index (χ1v) is 5.63. The molecule has 3 heteroatoms. The standard InChI is InChI=1S/C14H13N3/c1-10-7-8-15-9-14(10)17-13-6-4-3-5-12(13)11(2)16-17/h3-9H,1-2H3. The number of rotatable bonds is 1. The van der Waals surface area contributed by atoms with Crippen LogP contribution in [0.2, 0.25) is 0 Å². The highest BCUT2D eigenvalue weighted by Gasteiger charge is 2.09. The zero-order valence-corrected chi connectivity index (χ0v) is 9.88. The molecule has 3 aromatic rings. The van der Waals surface area contributed by atoms with Crippen LogP contribution >= 0.6 is 0 Å². The third-order valence-corrected chi connectivity index (χ3v) is 3.01.